The first-order valence-corrected chi connectivity index (χ1v) is 21.8. The van der Waals surface area contributed by atoms with Gasteiger partial charge in [-0.1, -0.05) is 154 Å². The molecule has 13 aromatic rings. The number of aromatic nitrogens is 4. The van der Waals surface area contributed by atoms with Crippen LogP contribution in [0, 0.1) is 0 Å². The summed E-state index contributed by atoms with van der Waals surface area (Å²) in [6.07, 6.45) is 1.25. The molecule has 0 saturated heterocycles. The van der Waals surface area contributed by atoms with E-state index in [0.29, 0.717) is 17.5 Å². The molecule has 6 heteroatoms. The van der Waals surface area contributed by atoms with Crippen molar-refractivity contribution in [3.63, 3.8) is 0 Å². The van der Waals surface area contributed by atoms with E-state index in [0.717, 1.165) is 88.4 Å². The largest absolute Gasteiger partial charge is 0.456 e. The molecular formula is C58H40N4O2. The van der Waals surface area contributed by atoms with Crippen molar-refractivity contribution in [3.8, 4) is 51.0 Å². The van der Waals surface area contributed by atoms with E-state index in [1.54, 1.807) is 0 Å². The molecule has 0 radical (unpaired) electrons. The summed E-state index contributed by atoms with van der Waals surface area (Å²) in [5.41, 5.74) is 11.5. The molecule has 0 aliphatic rings. The third-order valence-electron chi connectivity index (χ3n) is 12.0. The summed E-state index contributed by atoms with van der Waals surface area (Å²) in [5, 5.41) is 9.08. The lowest BCUT2D eigenvalue weighted by atomic mass is 9.99. The summed E-state index contributed by atoms with van der Waals surface area (Å²) in [6.45, 7) is 4.25. The van der Waals surface area contributed by atoms with Crippen LogP contribution in [0.5, 0.6) is 0 Å². The Morgan fingerprint density at radius 3 is 1.69 bits per heavy atom. The molecule has 4 aromatic heterocycles. The van der Waals surface area contributed by atoms with Crippen molar-refractivity contribution < 1.29 is 8.83 Å². The summed E-state index contributed by atoms with van der Waals surface area (Å²) in [5.74, 6) is 1.76. The van der Waals surface area contributed by atoms with Gasteiger partial charge in [-0.25, -0.2) is 15.0 Å². The van der Waals surface area contributed by atoms with Crippen LogP contribution in [0.25, 0.3) is 127 Å². The zero-order valence-corrected chi connectivity index (χ0v) is 35.3. The molecule has 0 saturated carbocycles. The molecule has 0 bridgehead atoms. The number of hydrogen-bond acceptors (Lipinski definition) is 5. The van der Waals surface area contributed by atoms with Crippen LogP contribution in [0.3, 0.4) is 0 Å². The summed E-state index contributed by atoms with van der Waals surface area (Å²) in [4.78, 5) is 15.4. The Labute approximate surface area is 368 Å². The number of hydrogen-bond donors (Lipinski definition) is 0. The van der Waals surface area contributed by atoms with Crippen LogP contribution in [-0.4, -0.2) is 19.5 Å². The van der Waals surface area contributed by atoms with Crippen molar-refractivity contribution >= 4 is 76.5 Å². The van der Waals surface area contributed by atoms with Gasteiger partial charge in [-0.05, 0) is 77.0 Å². The molecule has 0 atom stereocenters. The highest BCUT2D eigenvalue weighted by Crippen LogP contribution is 2.42. The fraction of sp³-hybridized carbons (Fsp3) is 0.0517. The number of rotatable bonds is 5. The van der Waals surface area contributed by atoms with E-state index < -0.39 is 0 Å². The molecule has 64 heavy (non-hydrogen) atoms. The molecule has 0 unspecified atom stereocenters. The van der Waals surface area contributed by atoms with Gasteiger partial charge in [0.15, 0.2) is 17.5 Å². The Morgan fingerprint density at radius 1 is 0.375 bits per heavy atom. The van der Waals surface area contributed by atoms with Crippen LogP contribution in [0.2, 0.25) is 0 Å². The van der Waals surface area contributed by atoms with Gasteiger partial charge in [0.05, 0.1) is 11.0 Å². The van der Waals surface area contributed by atoms with Crippen molar-refractivity contribution in [1.82, 2.24) is 19.5 Å². The summed E-state index contributed by atoms with van der Waals surface area (Å²) < 4.78 is 15.0. The van der Waals surface area contributed by atoms with Crippen LogP contribution in [-0.2, 0) is 0 Å². The molecule has 0 fully saturated rings. The highest BCUT2D eigenvalue weighted by Gasteiger charge is 2.20. The van der Waals surface area contributed by atoms with Gasteiger partial charge in [-0.3, -0.25) is 0 Å². The standard InChI is InChI=1S/C55H32N4O2.C3H8/c1-2-12-33(13-3-1)53-56-54(58-55(57-53)38-24-26-43-41-18-6-8-22-48(41)61-51(43)32-38)37-16-10-17-39(28-37)59-47-31-35-15-5-4-14-34(35)29-45(47)44-21-11-20-40(52(44)59)36-25-27-50-46(30-36)42-19-7-9-23-49(42)60-50;1-3-2/h1-32H;3H2,1-2H3. The van der Waals surface area contributed by atoms with E-state index in [4.69, 9.17) is 23.8 Å². The molecule has 0 N–H and O–H groups in total. The third-order valence-corrected chi connectivity index (χ3v) is 12.0. The van der Waals surface area contributed by atoms with E-state index in [2.05, 4.69) is 146 Å². The predicted octanol–water partition coefficient (Wildman–Crippen LogP) is 16.0. The maximum atomic E-state index is 6.30. The second-order valence-corrected chi connectivity index (χ2v) is 16.3. The minimum atomic E-state index is 0.574. The van der Waals surface area contributed by atoms with Crippen molar-refractivity contribution in [1.29, 1.82) is 0 Å². The smallest absolute Gasteiger partial charge is 0.164 e. The summed E-state index contributed by atoms with van der Waals surface area (Å²) >= 11 is 0. The Kier molecular flexibility index (Phi) is 8.90. The Bertz CT molecular complexity index is 3910. The zero-order chi connectivity index (χ0) is 42.7. The van der Waals surface area contributed by atoms with Crippen molar-refractivity contribution in [2.45, 2.75) is 20.3 Å². The second kappa shape index (κ2) is 15.2. The fourth-order valence-corrected chi connectivity index (χ4v) is 9.15. The molecular weight excluding hydrogens is 785 g/mol. The summed E-state index contributed by atoms with van der Waals surface area (Å²) in [6, 6.07) is 67.6. The van der Waals surface area contributed by atoms with Gasteiger partial charge < -0.3 is 13.4 Å². The van der Waals surface area contributed by atoms with Gasteiger partial charge in [0.2, 0.25) is 0 Å². The van der Waals surface area contributed by atoms with Crippen LogP contribution in [0.4, 0.5) is 0 Å². The van der Waals surface area contributed by atoms with E-state index >= 15 is 0 Å². The number of para-hydroxylation sites is 3. The monoisotopic (exact) mass is 824 g/mol. The fourth-order valence-electron chi connectivity index (χ4n) is 9.15. The van der Waals surface area contributed by atoms with Crippen molar-refractivity contribution in [2.24, 2.45) is 0 Å². The number of benzene rings is 9. The zero-order valence-electron chi connectivity index (χ0n) is 35.3. The minimum Gasteiger partial charge on any atom is -0.456 e. The molecule has 0 aliphatic carbocycles. The molecule has 9 aromatic carbocycles. The highest BCUT2D eigenvalue weighted by atomic mass is 16.3. The lowest BCUT2D eigenvalue weighted by Gasteiger charge is -2.14. The molecule has 0 aliphatic heterocycles. The van der Waals surface area contributed by atoms with E-state index in [1.807, 2.05) is 66.7 Å². The molecule has 4 heterocycles. The molecule has 0 spiro atoms. The second-order valence-electron chi connectivity index (χ2n) is 16.3. The van der Waals surface area contributed by atoms with E-state index in [-0.39, 0.29) is 0 Å². The van der Waals surface area contributed by atoms with Gasteiger partial charge in [0, 0.05) is 60.3 Å². The average Bonchev–Trinajstić information content (AvgIpc) is 4.02. The number of furan rings is 2. The minimum absolute atomic E-state index is 0.574. The first kappa shape index (κ1) is 37.4. The maximum Gasteiger partial charge on any atom is 0.164 e. The maximum absolute atomic E-state index is 6.30. The molecule has 6 nitrogen and oxygen atoms in total. The number of nitrogens with zero attached hydrogens (tertiary/aromatic N) is 4. The van der Waals surface area contributed by atoms with Gasteiger partial charge in [-0.15, -0.1) is 0 Å². The predicted molar refractivity (Wildman–Crippen MR) is 264 cm³/mol. The normalized spacial score (nSPS) is 11.7. The first-order valence-electron chi connectivity index (χ1n) is 21.8. The average molecular weight is 825 g/mol. The van der Waals surface area contributed by atoms with Crippen LogP contribution < -0.4 is 0 Å². The lowest BCUT2D eigenvalue weighted by Crippen LogP contribution is -2.01. The van der Waals surface area contributed by atoms with Crippen LogP contribution in [0.1, 0.15) is 20.3 Å². The topological polar surface area (TPSA) is 69.9 Å². The van der Waals surface area contributed by atoms with Crippen molar-refractivity contribution in [3.05, 3.63) is 194 Å². The Balaban J connectivity index is 0.00000141. The number of fused-ring (bicyclic) bond motifs is 10. The first-order chi connectivity index (χ1) is 31.6. The molecule has 0 amide bonds. The lowest BCUT2D eigenvalue weighted by molar-refractivity contribution is 0.668. The summed E-state index contributed by atoms with van der Waals surface area (Å²) in [7, 11) is 0. The SMILES string of the molecule is CCC.c1ccc(-c2nc(-c3cccc(-n4c5cc6ccccc6cc5c5cccc(-c6ccc7oc8ccccc8c7c6)c54)c3)nc(-c3ccc4c(c3)oc3ccccc34)n2)cc1. The van der Waals surface area contributed by atoms with Gasteiger partial charge >= 0.3 is 0 Å². The van der Waals surface area contributed by atoms with Gasteiger partial charge in [0.25, 0.3) is 0 Å². The van der Waals surface area contributed by atoms with E-state index in [9.17, 15) is 0 Å². The van der Waals surface area contributed by atoms with E-state index in [1.165, 1.54) is 28.0 Å². The quantitative estimate of drug-likeness (QED) is 0.173. The molecule has 13 rings (SSSR count). The van der Waals surface area contributed by atoms with Gasteiger partial charge in [0.1, 0.15) is 22.3 Å². The van der Waals surface area contributed by atoms with Crippen LogP contribution in [0.15, 0.2) is 203 Å². The van der Waals surface area contributed by atoms with Crippen molar-refractivity contribution in [2.75, 3.05) is 0 Å². The highest BCUT2D eigenvalue weighted by molar-refractivity contribution is 6.17. The Hall–Kier alpha value is -8.35. The molecule has 304 valence electrons. The van der Waals surface area contributed by atoms with Crippen LogP contribution >= 0.6 is 0 Å². The Morgan fingerprint density at radius 2 is 0.922 bits per heavy atom. The third kappa shape index (κ3) is 6.22. The van der Waals surface area contributed by atoms with Gasteiger partial charge in [-0.2, -0.15) is 0 Å².